The highest BCUT2D eigenvalue weighted by Gasteiger charge is 2.32. The highest BCUT2D eigenvalue weighted by atomic mass is 32.2. The summed E-state index contributed by atoms with van der Waals surface area (Å²) < 4.78 is 30.7. The van der Waals surface area contributed by atoms with E-state index in [0.717, 1.165) is 0 Å². The van der Waals surface area contributed by atoms with Crippen LogP contribution in [0.4, 0.5) is 0 Å². The molecule has 0 bridgehead atoms. The Balaban J connectivity index is 2.29. The molecule has 2 aromatic rings. The molecule has 0 aliphatic carbocycles. The number of carbonyl (C=O) groups excluding carboxylic acids is 2. The molecule has 0 aliphatic heterocycles. The summed E-state index contributed by atoms with van der Waals surface area (Å²) in [4.78, 5) is 22.9. The number of benzene rings is 1. The van der Waals surface area contributed by atoms with Gasteiger partial charge in [-0.1, -0.05) is 18.2 Å². The summed E-state index contributed by atoms with van der Waals surface area (Å²) in [6.45, 7) is -0.281. The predicted molar refractivity (Wildman–Crippen MR) is 82.2 cm³/mol. The van der Waals surface area contributed by atoms with Gasteiger partial charge in [-0.05, 0) is 24.3 Å². The van der Waals surface area contributed by atoms with Crippen molar-refractivity contribution in [1.29, 1.82) is 0 Å². The molecule has 0 saturated carbocycles. The first-order valence-electron chi connectivity index (χ1n) is 6.79. The van der Waals surface area contributed by atoms with Crippen molar-refractivity contribution < 1.29 is 22.4 Å². The van der Waals surface area contributed by atoms with E-state index in [1.165, 1.54) is 31.5 Å². The second-order valence-corrected chi connectivity index (χ2v) is 6.78. The van der Waals surface area contributed by atoms with Crippen LogP contribution in [-0.4, -0.2) is 33.8 Å². The van der Waals surface area contributed by atoms with Crippen LogP contribution in [0.25, 0.3) is 0 Å². The number of hydrogen-bond donors (Lipinski definition) is 2. The van der Waals surface area contributed by atoms with Crippen LogP contribution in [0.5, 0.6) is 0 Å². The van der Waals surface area contributed by atoms with Gasteiger partial charge >= 0.3 is 11.8 Å². The monoisotopic (exact) mass is 336 g/mol. The molecule has 0 fully saturated rings. The number of hydrogen-bond acceptors (Lipinski definition) is 5. The molecule has 0 aliphatic rings. The van der Waals surface area contributed by atoms with E-state index < -0.39 is 26.9 Å². The Bertz CT molecular complexity index is 769. The number of rotatable bonds is 5. The topological polar surface area (TPSA) is 105 Å². The fourth-order valence-corrected chi connectivity index (χ4v) is 3.60. The van der Waals surface area contributed by atoms with Crippen LogP contribution < -0.4 is 10.6 Å². The van der Waals surface area contributed by atoms with Crippen molar-refractivity contribution in [2.24, 2.45) is 0 Å². The molecule has 23 heavy (non-hydrogen) atoms. The molecular weight excluding hydrogens is 320 g/mol. The van der Waals surface area contributed by atoms with Crippen LogP contribution in [-0.2, 0) is 19.4 Å². The van der Waals surface area contributed by atoms with E-state index in [1.807, 2.05) is 0 Å². The molecule has 122 valence electrons. The summed E-state index contributed by atoms with van der Waals surface area (Å²) >= 11 is 0. The van der Waals surface area contributed by atoms with Crippen LogP contribution >= 0.6 is 0 Å². The van der Waals surface area contributed by atoms with E-state index in [0.29, 0.717) is 0 Å². The maximum absolute atomic E-state index is 12.8. The van der Waals surface area contributed by atoms with Gasteiger partial charge in [-0.3, -0.25) is 9.59 Å². The van der Waals surface area contributed by atoms with Crippen molar-refractivity contribution in [2.75, 3.05) is 13.6 Å². The standard InChI is InChI=1S/C15H16N2O5S/c1-16-14(18)15(19)17-10-13(12-8-5-9-22-12)23(20,21)11-6-3-2-4-7-11/h2-9,13H,10H2,1H3,(H,16,18)(H,17,19). The quantitative estimate of drug-likeness (QED) is 0.780. The van der Waals surface area contributed by atoms with Gasteiger partial charge in [0.15, 0.2) is 9.84 Å². The van der Waals surface area contributed by atoms with Crippen LogP contribution in [0.1, 0.15) is 11.0 Å². The first-order chi connectivity index (χ1) is 11.0. The summed E-state index contributed by atoms with van der Waals surface area (Å²) in [5.41, 5.74) is 0. The molecule has 8 heteroatoms. The van der Waals surface area contributed by atoms with E-state index in [1.54, 1.807) is 24.3 Å². The first-order valence-corrected chi connectivity index (χ1v) is 8.33. The van der Waals surface area contributed by atoms with E-state index in [2.05, 4.69) is 10.6 Å². The molecule has 1 aromatic carbocycles. The van der Waals surface area contributed by atoms with Gasteiger partial charge in [0.05, 0.1) is 11.2 Å². The van der Waals surface area contributed by atoms with Crippen LogP contribution in [0.3, 0.4) is 0 Å². The SMILES string of the molecule is CNC(=O)C(=O)NCC(c1ccco1)S(=O)(=O)c1ccccc1. The highest BCUT2D eigenvalue weighted by molar-refractivity contribution is 7.91. The van der Waals surface area contributed by atoms with E-state index in [4.69, 9.17) is 4.42 Å². The second-order valence-electron chi connectivity index (χ2n) is 4.65. The number of amides is 2. The van der Waals surface area contributed by atoms with Gasteiger partial charge < -0.3 is 15.1 Å². The number of nitrogens with one attached hydrogen (secondary N) is 2. The van der Waals surface area contributed by atoms with E-state index >= 15 is 0 Å². The zero-order valence-electron chi connectivity index (χ0n) is 12.4. The minimum absolute atomic E-state index is 0.107. The van der Waals surface area contributed by atoms with Crippen molar-refractivity contribution >= 4 is 21.7 Å². The lowest BCUT2D eigenvalue weighted by Gasteiger charge is -2.16. The van der Waals surface area contributed by atoms with Crippen molar-refractivity contribution in [2.45, 2.75) is 10.1 Å². The fourth-order valence-electron chi connectivity index (χ4n) is 1.99. The summed E-state index contributed by atoms with van der Waals surface area (Å²) in [6.07, 6.45) is 1.35. The van der Waals surface area contributed by atoms with Gasteiger partial charge in [0.25, 0.3) is 0 Å². The first kappa shape index (κ1) is 16.8. The normalized spacial score (nSPS) is 12.4. The summed E-state index contributed by atoms with van der Waals surface area (Å²) in [6, 6.07) is 10.9. The molecule has 0 saturated heterocycles. The summed E-state index contributed by atoms with van der Waals surface area (Å²) in [5, 5.41) is 3.35. The molecule has 2 N–H and O–H groups in total. The van der Waals surface area contributed by atoms with Gasteiger partial charge in [0.2, 0.25) is 0 Å². The minimum atomic E-state index is -3.79. The molecule has 1 heterocycles. The number of furan rings is 1. The number of carbonyl (C=O) groups is 2. The molecule has 1 unspecified atom stereocenters. The molecule has 1 atom stereocenters. The van der Waals surface area contributed by atoms with Crippen LogP contribution in [0, 0.1) is 0 Å². The summed E-state index contributed by atoms with van der Waals surface area (Å²) in [5.74, 6) is -1.57. The third kappa shape index (κ3) is 3.78. The third-order valence-corrected chi connectivity index (χ3v) is 5.27. The van der Waals surface area contributed by atoms with Crippen LogP contribution in [0.2, 0.25) is 0 Å². The van der Waals surface area contributed by atoms with Gasteiger partial charge in [0.1, 0.15) is 11.0 Å². The Morgan fingerprint density at radius 1 is 1.09 bits per heavy atom. The molecule has 2 amide bonds. The summed E-state index contributed by atoms with van der Waals surface area (Å²) in [7, 11) is -2.48. The average Bonchev–Trinajstić information content (AvgIpc) is 3.08. The van der Waals surface area contributed by atoms with Crippen molar-refractivity contribution in [3.63, 3.8) is 0 Å². The van der Waals surface area contributed by atoms with Crippen molar-refractivity contribution in [3.05, 3.63) is 54.5 Å². The molecule has 2 rings (SSSR count). The largest absolute Gasteiger partial charge is 0.468 e. The predicted octanol–water partition coefficient (Wildman–Crippen LogP) is 0.657. The second kappa shape index (κ2) is 7.10. The Hall–Kier alpha value is -2.61. The zero-order valence-corrected chi connectivity index (χ0v) is 13.2. The van der Waals surface area contributed by atoms with Gasteiger partial charge in [0, 0.05) is 13.6 Å². The van der Waals surface area contributed by atoms with Gasteiger partial charge in [-0.2, -0.15) is 0 Å². The molecule has 7 nitrogen and oxygen atoms in total. The van der Waals surface area contributed by atoms with Crippen molar-refractivity contribution in [3.8, 4) is 0 Å². The smallest absolute Gasteiger partial charge is 0.309 e. The Morgan fingerprint density at radius 3 is 2.35 bits per heavy atom. The maximum Gasteiger partial charge on any atom is 0.309 e. The third-order valence-electron chi connectivity index (χ3n) is 3.19. The lowest BCUT2D eigenvalue weighted by Crippen LogP contribution is -2.40. The Kier molecular flexibility index (Phi) is 5.17. The number of likely N-dealkylation sites (N-methyl/N-ethyl adjacent to an activating group) is 1. The van der Waals surface area contributed by atoms with Crippen molar-refractivity contribution in [1.82, 2.24) is 10.6 Å². The zero-order chi connectivity index (χ0) is 16.9. The maximum atomic E-state index is 12.8. The molecule has 0 spiro atoms. The molecule has 0 radical (unpaired) electrons. The Morgan fingerprint density at radius 2 is 1.78 bits per heavy atom. The van der Waals surface area contributed by atoms with E-state index in [9.17, 15) is 18.0 Å². The lowest BCUT2D eigenvalue weighted by molar-refractivity contribution is -0.138. The molecular formula is C15H16N2O5S. The fraction of sp³-hybridized carbons (Fsp3) is 0.200. The number of sulfone groups is 1. The highest BCUT2D eigenvalue weighted by Crippen LogP contribution is 2.28. The van der Waals surface area contributed by atoms with Gasteiger partial charge in [-0.25, -0.2) is 8.42 Å². The molecule has 1 aromatic heterocycles. The van der Waals surface area contributed by atoms with Gasteiger partial charge in [-0.15, -0.1) is 0 Å². The Labute approximate surface area is 133 Å². The van der Waals surface area contributed by atoms with Crippen LogP contribution in [0.15, 0.2) is 58.0 Å². The average molecular weight is 336 g/mol. The lowest BCUT2D eigenvalue weighted by atomic mass is 10.3. The minimum Gasteiger partial charge on any atom is -0.468 e. The van der Waals surface area contributed by atoms with E-state index in [-0.39, 0.29) is 17.2 Å².